The molecule has 0 aliphatic carbocycles. The zero-order valence-electron chi connectivity index (χ0n) is 28.5. The third kappa shape index (κ3) is 6.27. The Labute approximate surface area is 287 Å². The fraction of sp³-hybridized carbons (Fsp3) is 0.432. The smallest absolute Gasteiger partial charge is 0.264 e. The molecule has 3 heterocycles. The minimum Gasteiger partial charge on any atom is -0.497 e. The molecule has 3 aliphatic rings. The minimum absolute atomic E-state index is 0.123. The molecule has 49 heavy (non-hydrogen) atoms. The van der Waals surface area contributed by atoms with Crippen molar-refractivity contribution in [3.05, 3.63) is 89.0 Å². The van der Waals surface area contributed by atoms with Gasteiger partial charge in [-0.25, -0.2) is 0 Å². The van der Waals surface area contributed by atoms with Gasteiger partial charge in [-0.1, -0.05) is 43.3 Å². The largest absolute Gasteiger partial charge is 0.497 e. The van der Waals surface area contributed by atoms with Crippen LogP contribution in [0.15, 0.2) is 66.7 Å². The minimum atomic E-state index is -3.54. The number of nitrogens with zero attached hydrogens (tertiary/aromatic N) is 2. The Morgan fingerprint density at radius 3 is 2.45 bits per heavy atom. The van der Waals surface area contributed by atoms with E-state index in [1.165, 1.54) is 14.0 Å². The number of hydrogen-bond donors (Lipinski definition) is 3. The van der Waals surface area contributed by atoms with Gasteiger partial charge in [0.25, 0.3) is 11.8 Å². The van der Waals surface area contributed by atoms with Gasteiger partial charge in [-0.05, 0) is 73.5 Å². The molecule has 12 heteroatoms. The Balaban J connectivity index is 1.32. The molecule has 0 unspecified atom stereocenters. The van der Waals surface area contributed by atoms with Crippen LogP contribution in [0.25, 0.3) is 0 Å². The average molecular weight is 690 g/mol. The first-order valence-corrected chi connectivity index (χ1v) is 19.7. The molecule has 3 amide bonds. The molecular formula is C37H44FN3O7Si. The molecule has 6 rings (SSSR count). The van der Waals surface area contributed by atoms with E-state index in [0.717, 1.165) is 16.7 Å². The van der Waals surface area contributed by atoms with Gasteiger partial charge in [0, 0.05) is 29.3 Å². The van der Waals surface area contributed by atoms with Crippen molar-refractivity contribution in [3.8, 4) is 5.75 Å². The topological polar surface area (TPSA) is 129 Å². The zero-order chi connectivity index (χ0) is 35.2. The molecule has 3 aromatic carbocycles. The maximum absolute atomic E-state index is 16.4. The predicted molar refractivity (Wildman–Crippen MR) is 185 cm³/mol. The van der Waals surface area contributed by atoms with E-state index in [1.807, 2.05) is 31.2 Å². The summed E-state index contributed by atoms with van der Waals surface area (Å²) in [6.45, 7) is 6.74. The number of nitrogens with one attached hydrogen (secondary N) is 1. The first-order valence-electron chi connectivity index (χ1n) is 16.7. The highest BCUT2D eigenvalue weighted by molar-refractivity contribution is 6.72. The number of fused-ring (bicyclic) bond motifs is 3. The lowest BCUT2D eigenvalue weighted by atomic mass is 9.82. The van der Waals surface area contributed by atoms with Gasteiger partial charge in [0.05, 0.1) is 44.5 Å². The van der Waals surface area contributed by atoms with Crippen molar-refractivity contribution in [3.63, 3.8) is 0 Å². The highest BCUT2D eigenvalue weighted by atomic mass is 28.4. The lowest BCUT2D eigenvalue weighted by molar-refractivity contribution is -0.151. The molecule has 1 fully saturated rings. The van der Waals surface area contributed by atoms with Crippen LogP contribution in [0.3, 0.4) is 0 Å². The van der Waals surface area contributed by atoms with Gasteiger partial charge in [0.2, 0.25) is 14.3 Å². The molecule has 3 N–H and O–H groups in total. The number of anilines is 2. The molecule has 6 atom stereocenters. The molecule has 260 valence electrons. The van der Waals surface area contributed by atoms with Crippen LogP contribution in [-0.4, -0.2) is 73.2 Å². The Kier molecular flexibility index (Phi) is 9.44. The Hall–Kier alpha value is -4.10. The molecule has 0 bridgehead atoms. The van der Waals surface area contributed by atoms with Crippen molar-refractivity contribution in [2.75, 3.05) is 23.9 Å². The fourth-order valence-electron chi connectivity index (χ4n) is 7.96. The lowest BCUT2D eigenvalue weighted by Crippen LogP contribution is -2.48. The summed E-state index contributed by atoms with van der Waals surface area (Å²) in [5.74, 6) is -1.20. The summed E-state index contributed by atoms with van der Waals surface area (Å²) in [5, 5.41) is 22.4. The number of halogens is 1. The van der Waals surface area contributed by atoms with E-state index in [2.05, 4.69) is 5.32 Å². The number of hydrogen-bond acceptors (Lipinski definition) is 7. The van der Waals surface area contributed by atoms with Crippen LogP contribution < -0.4 is 15.0 Å². The van der Waals surface area contributed by atoms with Crippen LogP contribution in [0, 0.1) is 5.92 Å². The monoisotopic (exact) mass is 689 g/mol. The second kappa shape index (κ2) is 13.3. The number of rotatable bonds is 9. The number of ether oxygens (including phenoxy) is 2. The third-order valence-electron chi connectivity index (χ3n) is 10.4. The van der Waals surface area contributed by atoms with E-state index in [4.69, 9.17) is 9.47 Å². The number of methoxy groups -OCH3 is 1. The highest BCUT2D eigenvalue weighted by Crippen LogP contribution is 2.60. The summed E-state index contributed by atoms with van der Waals surface area (Å²) in [6.07, 6.45) is -1.63. The maximum atomic E-state index is 16.4. The van der Waals surface area contributed by atoms with Crippen LogP contribution in [0.2, 0.25) is 18.6 Å². The van der Waals surface area contributed by atoms with E-state index in [-0.39, 0.29) is 31.4 Å². The van der Waals surface area contributed by atoms with Crippen LogP contribution >= 0.6 is 0 Å². The zero-order valence-corrected chi connectivity index (χ0v) is 29.5. The molecule has 10 nitrogen and oxygen atoms in total. The first-order chi connectivity index (χ1) is 23.3. The molecule has 1 saturated heterocycles. The molecule has 0 aromatic heterocycles. The van der Waals surface area contributed by atoms with Crippen molar-refractivity contribution < 1.29 is 38.2 Å². The van der Waals surface area contributed by atoms with E-state index in [1.54, 1.807) is 65.4 Å². The van der Waals surface area contributed by atoms with Gasteiger partial charge >= 0.3 is 0 Å². The Bertz CT molecular complexity index is 1750. The van der Waals surface area contributed by atoms with Gasteiger partial charge < -0.3 is 38.9 Å². The van der Waals surface area contributed by atoms with Crippen molar-refractivity contribution >= 4 is 37.5 Å². The standard InChI is InChI=1S/C37H44FN3O7Si/c1-22-34(49(4,5)38)32(18-33(44)40-20-26-9-7-6-8-25(26)16-28(40)21-42)48-37(22)30-17-29(47-3)14-15-31(30)41(36(37)46)19-24-10-12-27(13-11-24)39-35(45)23(2)43/h6-15,17,22-23,28,32,34,42-43H,16,18-21H2,1-5H3,(H,39,45)/t22-,23+,28+,32+,34-,37+/m1/s1. The van der Waals surface area contributed by atoms with E-state index < -0.39 is 49.6 Å². The van der Waals surface area contributed by atoms with Crippen molar-refractivity contribution in [1.82, 2.24) is 4.90 Å². The molecule has 1 spiro atoms. The quantitative estimate of drug-likeness (QED) is 0.220. The summed E-state index contributed by atoms with van der Waals surface area (Å²) in [6, 6.07) is 19.7. The number of aliphatic hydroxyl groups is 2. The second-order valence-electron chi connectivity index (χ2n) is 13.9. The molecule has 0 radical (unpaired) electrons. The number of carbonyl (C=O) groups excluding carboxylic acids is 3. The maximum Gasteiger partial charge on any atom is 0.264 e. The molecule has 0 saturated carbocycles. The molecule has 3 aromatic rings. The van der Waals surface area contributed by atoms with Crippen molar-refractivity contribution in [2.24, 2.45) is 5.92 Å². The van der Waals surface area contributed by atoms with Crippen LogP contribution in [0.4, 0.5) is 15.5 Å². The number of amides is 3. The van der Waals surface area contributed by atoms with Crippen LogP contribution in [0.5, 0.6) is 5.75 Å². The summed E-state index contributed by atoms with van der Waals surface area (Å²) < 4.78 is 28.8. The predicted octanol–water partition coefficient (Wildman–Crippen LogP) is 4.67. The average Bonchev–Trinajstić information content (AvgIpc) is 3.50. The summed E-state index contributed by atoms with van der Waals surface area (Å²) >= 11 is 0. The summed E-state index contributed by atoms with van der Waals surface area (Å²) in [7, 11) is -2.00. The van der Waals surface area contributed by atoms with Crippen molar-refractivity contribution in [1.29, 1.82) is 0 Å². The van der Waals surface area contributed by atoms with Crippen LogP contribution in [0.1, 0.15) is 42.5 Å². The Morgan fingerprint density at radius 1 is 1.12 bits per heavy atom. The highest BCUT2D eigenvalue weighted by Gasteiger charge is 2.67. The summed E-state index contributed by atoms with van der Waals surface area (Å²) in [5.41, 5.74) is 2.33. The van der Waals surface area contributed by atoms with Gasteiger partial charge in [-0.2, -0.15) is 0 Å². The number of carbonyl (C=O) groups is 3. The second-order valence-corrected chi connectivity index (χ2v) is 17.7. The normalized spacial score (nSPS) is 25.3. The lowest BCUT2D eigenvalue weighted by Gasteiger charge is -2.37. The van der Waals surface area contributed by atoms with Gasteiger partial charge in [-0.3, -0.25) is 14.4 Å². The molecule has 3 aliphatic heterocycles. The van der Waals surface area contributed by atoms with Gasteiger partial charge in [0.15, 0.2) is 5.60 Å². The van der Waals surface area contributed by atoms with Gasteiger partial charge in [-0.15, -0.1) is 0 Å². The molecular weight excluding hydrogens is 646 g/mol. The number of benzene rings is 3. The summed E-state index contributed by atoms with van der Waals surface area (Å²) in [4.78, 5) is 44.1. The third-order valence-corrected chi connectivity index (χ3v) is 12.8. The first kappa shape index (κ1) is 34.7. The number of aliphatic hydroxyl groups excluding tert-OH is 2. The van der Waals surface area contributed by atoms with E-state index in [9.17, 15) is 24.6 Å². The van der Waals surface area contributed by atoms with Gasteiger partial charge in [0.1, 0.15) is 11.9 Å². The van der Waals surface area contributed by atoms with E-state index >= 15 is 4.11 Å². The fourth-order valence-corrected chi connectivity index (χ4v) is 10.5. The van der Waals surface area contributed by atoms with E-state index in [0.29, 0.717) is 35.7 Å². The van der Waals surface area contributed by atoms with Crippen LogP contribution in [-0.2, 0) is 44.2 Å². The SMILES string of the molecule is COc1ccc2c(c1)[C@]1(O[C@@H](CC(=O)N3Cc4ccccc4C[C@H]3CO)[C@H]([Si](C)(C)F)[C@H]1C)C(=O)N2Cc1ccc(NC(=O)[C@H](C)O)cc1. The Morgan fingerprint density at radius 2 is 1.82 bits per heavy atom. The van der Waals surface area contributed by atoms with Crippen molar-refractivity contribution in [2.45, 2.75) is 82.3 Å².